The number of aromatic nitrogens is 2. The van der Waals surface area contributed by atoms with Crippen molar-refractivity contribution in [2.24, 2.45) is 5.41 Å². The van der Waals surface area contributed by atoms with E-state index in [-0.39, 0.29) is 0 Å². The Hall–Kier alpha value is -1.63. The standard InChI is InChI=1S/C13H18N4/c1-3-13(2)5-8-17(9-6-13)12-11(10-14)4-7-15-16-12/h4,7H,3,5-6,8-9H2,1-2H3. The SMILES string of the molecule is CCC1(C)CCN(c2nnccc2C#N)CC1. The van der Waals surface area contributed by atoms with E-state index in [4.69, 9.17) is 5.26 Å². The van der Waals surface area contributed by atoms with Crippen molar-refractivity contribution in [3.8, 4) is 6.07 Å². The largest absolute Gasteiger partial charge is 0.354 e. The fourth-order valence-corrected chi connectivity index (χ4v) is 2.26. The van der Waals surface area contributed by atoms with Gasteiger partial charge in [0.15, 0.2) is 5.82 Å². The van der Waals surface area contributed by atoms with Gasteiger partial charge in [0.1, 0.15) is 6.07 Å². The molecule has 4 nitrogen and oxygen atoms in total. The summed E-state index contributed by atoms with van der Waals surface area (Å²) in [5.41, 5.74) is 1.08. The van der Waals surface area contributed by atoms with Crippen LogP contribution in [-0.4, -0.2) is 23.3 Å². The van der Waals surface area contributed by atoms with E-state index in [0.29, 0.717) is 11.0 Å². The van der Waals surface area contributed by atoms with Gasteiger partial charge in [-0.3, -0.25) is 0 Å². The number of rotatable bonds is 2. The Bertz CT molecular complexity index is 427. The maximum atomic E-state index is 9.05. The van der Waals surface area contributed by atoms with Crippen LogP contribution in [-0.2, 0) is 0 Å². The number of anilines is 1. The summed E-state index contributed by atoms with van der Waals surface area (Å²) in [5, 5.41) is 17.0. The molecular weight excluding hydrogens is 212 g/mol. The van der Waals surface area contributed by atoms with Gasteiger partial charge in [0.25, 0.3) is 0 Å². The van der Waals surface area contributed by atoms with Gasteiger partial charge in [0, 0.05) is 13.1 Å². The van der Waals surface area contributed by atoms with Gasteiger partial charge in [0.2, 0.25) is 0 Å². The van der Waals surface area contributed by atoms with Crippen molar-refractivity contribution >= 4 is 5.82 Å². The Balaban J connectivity index is 2.14. The number of piperidine rings is 1. The summed E-state index contributed by atoms with van der Waals surface area (Å²) in [7, 11) is 0. The zero-order valence-corrected chi connectivity index (χ0v) is 10.5. The second kappa shape index (κ2) is 4.70. The van der Waals surface area contributed by atoms with Crippen LogP contribution in [0.3, 0.4) is 0 Å². The lowest BCUT2D eigenvalue weighted by molar-refractivity contribution is 0.237. The Morgan fingerprint density at radius 2 is 2.18 bits per heavy atom. The Morgan fingerprint density at radius 3 is 2.76 bits per heavy atom. The van der Waals surface area contributed by atoms with Crippen LogP contribution in [0.2, 0.25) is 0 Å². The van der Waals surface area contributed by atoms with Crippen LogP contribution < -0.4 is 4.90 Å². The second-order valence-electron chi connectivity index (χ2n) is 5.03. The number of nitrogens with zero attached hydrogens (tertiary/aromatic N) is 4. The van der Waals surface area contributed by atoms with Crippen LogP contribution in [0.25, 0.3) is 0 Å². The van der Waals surface area contributed by atoms with Crippen molar-refractivity contribution in [2.45, 2.75) is 33.1 Å². The molecule has 17 heavy (non-hydrogen) atoms. The summed E-state index contributed by atoms with van der Waals surface area (Å²) >= 11 is 0. The summed E-state index contributed by atoms with van der Waals surface area (Å²) in [6, 6.07) is 3.92. The first-order valence-corrected chi connectivity index (χ1v) is 6.15. The van der Waals surface area contributed by atoms with Gasteiger partial charge in [-0.2, -0.15) is 10.4 Å². The lowest BCUT2D eigenvalue weighted by atomic mass is 9.78. The Morgan fingerprint density at radius 1 is 1.47 bits per heavy atom. The lowest BCUT2D eigenvalue weighted by Gasteiger charge is -2.39. The molecule has 1 aliphatic rings. The molecule has 1 fully saturated rings. The van der Waals surface area contributed by atoms with Crippen LogP contribution in [0, 0.1) is 16.7 Å². The maximum absolute atomic E-state index is 9.05. The summed E-state index contributed by atoms with van der Waals surface area (Å²) in [5.74, 6) is 0.744. The second-order valence-corrected chi connectivity index (χ2v) is 5.03. The highest BCUT2D eigenvalue weighted by Gasteiger charge is 2.29. The molecule has 2 rings (SSSR count). The van der Waals surface area contributed by atoms with E-state index in [1.807, 2.05) is 0 Å². The molecule has 0 aliphatic carbocycles. The van der Waals surface area contributed by atoms with Gasteiger partial charge >= 0.3 is 0 Å². The van der Waals surface area contributed by atoms with E-state index in [2.05, 4.69) is 35.0 Å². The molecule has 0 bridgehead atoms. The summed E-state index contributed by atoms with van der Waals surface area (Å²) in [4.78, 5) is 2.18. The van der Waals surface area contributed by atoms with Gasteiger partial charge in [-0.05, 0) is 24.3 Å². The summed E-state index contributed by atoms with van der Waals surface area (Å²) in [6.07, 6.45) is 5.10. The third-order valence-corrected chi connectivity index (χ3v) is 3.95. The highest BCUT2D eigenvalue weighted by molar-refractivity contribution is 5.52. The number of hydrogen-bond donors (Lipinski definition) is 0. The molecule has 1 aromatic rings. The fourth-order valence-electron chi connectivity index (χ4n) is 2.26. The van der Waals surface area contributed by atoms with E-state index in [9.17, 15) is 0 Å². The smallest absolute Gasteiger partial charge is 0.169 e. The highest BCUT2D eigenvalue weighted by Crippen LogP contribution is 2.35. The Kier molecular flexibility index (Phi) is 3.28. The maximum Gasteiger partial charge on any atom is 0.169 e. The van der Waals surface area contributed by atoms with Crippen LogP contribution >= 0.6 is 0 Å². The minimum absolute atomic E-state index is 0.450. The molecule has 0 N–H and O–H groups in total. The van der Waals surface area contributed by atoms with Crippen LogP contribution in [0.1, 0.15) is 38.7 Å². The molecular formula is C13H18N4. The van der Waals surface area contributed by atoms with Crippen molar-refractivity contribution in [1.29, 1.82) is 5.26 Å². The minimum atomic E-state index is 0.450. The zero-order valence-electron chi connectivity index (χ0n) is 10.5. The van der Waals surface area contributed by atoms with Crippen LogP contribution in [0.5, 0.6) is 0 Å². The minimum Gasteiger partial charge on any atom is -0.354 e. The van der Waals surface area contributed by atoms with E-state index in [1.54, 1.807) is 12.3 Å². The summed E-state index contributed by atoms with van der Waals surface area (Å²) < 4.78 is 0. The van der Waals surface area contributed by atoms with Crippen molar-refractivity contribution in [3.63, 3.8) is 0 Å². The van der Waals surface area contributed by atoms with Crippen LogP contribution in [0.4, 0.5) is 5.82 Å². The molecule has 0 atom stereocenters. The average Bonchev–Trinajstić information content (AvgIpc) is 2.40. The lowest BCUT2D eigenvalue weighted by Crippen LogP contribution is -2.39. The fraction of sp³-hybridized carbons (Fsp3) is 0.615. The molecule has 2 heterocycles. The Labute approximate surface area is 102 Å². The van der Waals surface area contributed by atoms with Gasteiger partial charge < -0.3 is 4.90 Å². The molecule has 0 amide bonds. The van der Waals surface area contributed by atoms with Gasteiger partial charge in [-0.25, -0.2) is 0 Å². The van der Waals surface area contributed by atoms with E-state index < -0.39 is 0 Å². The predicted molar refractivity (Wildman–Crippen MR) is 66.6 cm³/mol. The molecule has 0 radical (unpaired) electrons. The third-order valence-electron chi connectivity index (χ3n) is 3.95. The molecule has 0 unspecified atom stereocenters. The molecule has 0 saturated carbocycles. The van der Waals surface area contributed by atoms with E-state index in [1.165, 1.54) is 6.42 Å². The topological polar surface area (TPSA) is 52.8 Å². The molecule has 4 heteroatoms. The van der Waals surface area contributed by atoms with Crippen molar-refractivity contribution < 1.29 is 0 Å². The summed E-state index contributed by atoms with van der Waals surface area (Å²) in [6.45, 7) is 6.53. The van der Waals surface area contributed by atoms with Gasteiger partial charge in [-0.1, -0.05) is 20.3 Å². The van der Waals surface area contributed by atoms with Crippen molar-refractivity contribution in [3.05, 3.63) is 17.8 Å². The first-order valence-electron chi connectivity index (χ1n) is 6.15. The molecule has 1 aliphatic heterocycles. The monoisotopic (exact) mass is 230 g/mol. The normalized spacial score (nSPS) is 18.8. The average molecular weight is 230 g/mol. The number of nitriles is 1. The van der Waals surface area contributed by atoms with Crippen LogP contribution in [0.15, 0.2) is 12.3 Å². The predicted octanol–water partition coefficient (Wildman–Crippen LogP) is 2.36. The molecule has 0 aromatic carbocycles. The number of hydrogen-bond acceptors (Lipinski definition) is 4. The first kappa shape index (κ1) is 11.8. The molecule has 1 saturated heterocycles. The van der Waals surface area contributed by atoms with Crippen molar-refractivity contribution in [2.75, 3.05) is 18.0 Å². The van der Waals surface area contributed by atoms with Gasteiger partial charge in [-0.15, -0.1) is 5.10 Å². The van der Waals surface area contributed by atoms with E-state index in [0.717, 1.165) is 31.7 Å². The molecule has 1 aromatic heterocycles. The molecule has 0 spiro atoms. The molecule has 90 valence electrons. The van der Waals surface area contributed by atoms with Gasteiger partial charge in [0.05, 0.1) is 11.8 Å². The first-order chi connectivity index (χ1) is 8.18. The van der Waals surface area contributed by atoms with Crippen molar-refractivity contribution in [1.82, 2.24) is 10.2 Å². The third kappa shape index (κ3) is 2.38. The quantitative estimate of drug-likeness (QED) is 0.782. The van der Waals surface area contributed by atoms with E-state index >= 15 is 0 Å². The highest BCUT2D eigenvalue weighted by atomic mass is 15.3. The zero-order chi connectivity index (χ0) is 12.3.